The largest absolute Gasteiger partial charge is 0.494 e. The Kier molecular flexibility index (Phi) is 3.76. The average Bonchev–Trinajstić information content (AvgIpc) is 2.83. The molecule has 1 aromatic carbocycles. The van der Waals surface area contributed by atoms with E-state index in [1.54, 1.807) is 7.11 Å². The van der Waals surface area contributed by atoms with Gasteiger partial charge in [0.05, 0.1) is 12.6 Å². The quantitative estimate of drug-likeness (QED) is 0.944. The summed E-state index contributed by atoms with van der Waals surface area (Å²) in [6.07, 6.45) is 2.03. The van der Waals surface area contributed by atoms with Crippen LogP contribution in [0.3, 0.4) is 0 Å². The maximum Gasteiger partial charge on any atom is 0.326 e. The first-order valence-corrected chi connectivity index (χ1v) is 7.63. The van der Waals surface area contributed by atoms with E-state index in [2.05, 4.69) is 23.7 Å². The minimum absolute atomic E-state index is 0.0301. The molecule has 3 rings (SSSR count). The topological polar surface area (TPSA) is 50.3 Å². The highest BCUT2D eigenvalue weighted by molar-refractivity contribution is 5.82. The molecule has 1 fully saturated rings. The standard InChI is InChI=1S/C16H23N3O2/c1-11(2)18-9-7-12(8-10-18)19-13-5-4-6-14(21-3)15(13)17-16(19)20/h4-6,11-12H,7-10H2,1-3H3,(H,17,20). The highest BCUT2D eigenvalue weighted by Crippen LogP contribution is 2.28. The summed E-state index contributed by atoms with van der Waals surface area (Å²) < 4.78 is 7.25. The Morgan fingerprint density at radius 2 is 2.00 bits per heavy atom. The molecule has 1 saturated heterocycles. The summed E-state index contributed by atoms with van der Waals surface area (Å²) in [7, 11) is 1.63. The Morgan fingerprint density at radius 3 is 2.62 bits per heavy atom. The van der Waals surface area contributed by atoms with Gasteiger partial charge in [-0.2, -0.15) is 0 Å². The van der Waals surface area contributed by atoms with Crippen molar-refractivity contribution in [3.05, 3.63) is 28.7 Å². The molecule has 1 N–H and O–H groups in total. The van der Waals surface area contributed by atoms with Crippen molar-refractivity contribution < 1.29 is 4.74 Å². The number of piperidine rings is 1. The second kappa shape index (κ2) is 5.56. The lowest BCUT2D eigenvalue weighted by atomic mass is 10.0. The zero-order valence-corrected chi connectivity index (χ0v) is 12.9. The van der Waals surface area contributed by atoms with Crippen LogP contribution in [0.15, 0.2) is 23.0 Å². The smallest absolute Gasteiger partial charge is 0.326 e. The summed E-state index contributed by atoms with van der Waals surface area (Å²) in [5.74, 6) is 0.725. The number of aromatic nitrogens is 2. The number of hydrogen-bond acceptors (Lipinski definition) is 3. The van der Waals surface area contributed by atoms with Gasteiger partial charge >= 0.3 is 5.69 Å². The number of likely N-dealkylation sites (tertiary alicyclic amines) is 1. The number of nitrogens with zero attached hydrogens (tertiary/aromatic N) is 2. The second-order valence-electron chi connectivity index (χ2n) is 6.02. The molecule has 0 atom stereocenters. The lowest BCUT2D eigenvalue weighted by Gasteiger charge is -2.35. The minimum Gasteiger partial charge on any atom is -0.494 e. The van der Waals surface area contributed by atoms with E-state index >= 15 is 0 Å². The maximum atomic E-state index is 12.4. The third-order valence-corrected chi connectivity index (χ3v) is 4.53. The summed E-state index contributed by atoms with van der Waals surface area (Å²) in [4.78, 5) is 17.8. The van der Waals surface area contributed by atoms with E-state index in [-0.39, 0.29) is 11.7 Å². The molecule has 0 bridgehead atoms. The van der Waals surface area contributed by atoms with E-state index in [0.29, 0.717) is 6.04 Å². The van der Waals surface area contributed by atoms with E-state index < -0.39 is 0 Å². The Morgan fingerprint density at radius 1 is 1.29 bits per heavy atom. The summed E-state index contributed by atoms with van der Waals surface area (Å²) in [5.41, 5.74) is 1.72. The van der Waals surface area contributed by atoms with Crippen molar-refractivity contribution in [2.24, 2.45) is 0 Å². The SMILES string of the molecule is COc1cccc2c1[nH]c(=O)n2C1CCN(C(C)C)CC1. The van der Waals surface area contributed by atoms with Crippen LogP contribution in [0.25, 0.3) is 11.0 Å². The lowest BCUT2D eigenvalue weighted by Crippen LogP contribution is -2.40. The van der Waals surface area contributed by atoms with Crippen molar-refractivity contribution in [2.75, 3.05) is 20.2 Å². The molecular weight excluding hydrogens is 266 g/mol. The first kappa shape index (κ1) is 14.2. The van der Waals surface area contributed by atoms with Gasteiger partial charge in [-0.3, -0.25) is 4.57 Å². The third-order valence-electron chi connectivity index (χ3n) is 4.53. The van der Waals surface area contributed by atoms with Crippen LogP contribution in [-0.2, 0) is 0 Å². The third kappa shape index (κ3) is 2.46. The van der Waals surface area contributed by atoms with Crippen LogP contribution in [0.1, 0.15) is 32.7 Å². The zero-order chi connectivity index (χ0) is 15.0. The lowest BCUT2D eigenvalue weighted by molar-refractivity contribution is 0.152. The Hall–Kier alpha value is -1.75. The van der Waals surface area contributed by atoms with E-state index in [1.165, 1.54) is 0 Å². The van der Waals surface area contributed by atoms with Gasteiger partial charge in [0.25, 0.3) is 0 Å². The maximum absolute atomic E-state index is 12.4. The summed E-state index contributed by atoms with van der Waals surface area (Å²) in [6.45, 7) is 6.54. The van der Waals surface area contributed by atoms with E-state index in [1.807, 2.05) is 22.8 Å². The number of aromatic amines is 1. The minimum atomic E-state index is -0.0301. The normalized spacial score (nSPS) is 17.7. The Bertz CT molecular complexity index is 678. The molecule has 0 aliphatic carbocycles. The van der Waals surface area contributed by atoms with Gasteiger partial charge in [0.2, 0.25) is 0 Å². The number of fused-ring (bicyclic) bond motifs is 1. The summed E-state index contributed by atoms with van der Waals surface area (Å²) >= 11 is 0. The fourth-order valence-corrected chi connectivity index (χ4v) is 3.32. The first-order chi connectivity index (χ1) is 10.1. The van der Waals surface area contributed by atoms with Gasteiger partial charge in [0, 0.05) is 25.2 Å². The van der Waals surface area contributed by atoms with Crippen molar-refractivity contribution in [1.29, 1.82) is 0 Å². The molecule has 2 aromatic rings. The van der Waals surface area contributed by atoms with E-state index in [4.69, 9.17) is 4.74 Å². The number of imidazole rings is 1. The van der Waals surface area contributed by atoms with Crippen LogP contribution in [0.4, 0.5) is 0 Å². The van der Waals surface area contributed by atoms with Gasteiger partial charge in [0.15, 0.2) is 0 Å². The molecule has 5 nitrogen and oxygen atoms in total. The number of methoxy groups -OCH3 is 1. The first-order valence-electron chi connectivity index (χ1n) is 7.63. The van der Waals surface area contributed by atoms with Crippen LogP contribution in [0.2, 0.25) is 0 Å². The molecule has 0 unspecified atom stereocenters. The number of H-pyrrole nitrogens is 1. The Balaban J connectivity index is 1.95. The fourth-order valence-electron chi connectivity index (χ4n) is 3.32. The molecular formula is C16H23N3O2. The average molecular weight is 289 g/mol. The predicted molar refractivity (Wildman–Crippen MR) is 84.1 cm³/mol. The van der Waals surface area contributed by atoms with Gasteiger partial charge in [-0.15, -0.1) is 0 Å². The van der Waals surface area contributed by atoms with Crippen LogP contribution in [-0.4, -0.2) is 40.7 Å². The Labute approximate surface area is 124 Å². The van der Waals surface area contributed by atoms with Crippen LogP contribution < -0.4 is 10.4 Å². The van der Waals surface area contributed by atoms with Crippen molar-refractivity contribution in [3.63, 3.8) is 0 Å². The van der Waals surface area contributed by atoms with Crippen molar-refractivity contribution in [3.8, 4) is 5.75 Å². The highest BCUT2D eigenvalue weighted by atomic mass is 16.5. The molecule has 21 heavy (non-hydrogen) atoms. The van der Waals surface area contributed by atoms with Gasteiger partial charge in [-0.05, 0) is 38.8 Å². The molecule has 1 aliphatic heterocycles. The van der Waals surface area contributed by atoms with E-state index in [9.17, 15) is 4.79 Å². The van der Waals surface area contributed by atoms with Gasteiger partial charge in [0.1, 0.15) is 11.3 Å². The number of rotatable bonds is 3. The predicted octanol–water partition coefficient (Wildman–Crippen LogP) is 2.38. The van der Waals surface area contributed by atoms with Gasteiger partial charge in [-0.1, -0.05) is 6.07 Å². The molecule has 0 spiro atoms. The molecule has 2 heterocycles. The molecule has 0 radical (unpaired) electrons. The van der Waals surface area contributed by atoms with E-state index in [0.717, 1.165) is 42.7 Å². The molecule has 1 aromatic heterocycles. The van der Waals surface area contributed by atoms with Crippen LogP contribution >= 0.6 is 0 Å². The van der Waals surface area contributed by atoms with Crippen molar-refractivity contribution >= 4 is 11.0 Å². The number of para-hydroxylation sites is 1. The molecule has 1 aliphatic rings. The number of nitrogens with one attached hydrogen (secondary N) is 1. The number of ether oxygens (including phenoxy) is 1. The fraction of sp³-hybridized carbons (Fsp3) is 0.562. The molecule has 0 amide bonds. The highest BCUT2D eigenvalue weighted by Gasteiger charge is 2.25. The second-order valence-corrected chi connectivity index (χ2v) is 6.02. The molecule has 0 saturated carbocycles. The van der Waals surface area contributed by atoms with Gasteiger partial charge in [-0.25, -0.2) is 4.79 Å². The molecule has 114 valence electrons. The molecule has 5 heteroatoms. The monoisotopic (exact) mass is 289 g/mol. The summed E-state index contributed by atoms with van der Waals surface area (Å²) in [5, 5.41) is 0. The number of benzene rings is 1. The van der Waals surface area contributed by atoms with Crippen molar-refractivity contribution in [1.82, 2.24) is 14.5 Å². The summed E-state index contributed by atoms with van der Waals surface area (Å²) in [6, 6.07) is 6.65. The van der Waals surface area contributed by atoms with Gasteiger partial charge < -0.3 is 14.6 Å². The number of hydrogen-bond donors (Lipinski definition) is 1. The van der Waals surface area contributed by atoms with Crippen LogP contribution in [0, 0.1) is 0 Å². The van der Waals surface area contributed by atoms with Crippen molar-refractivity contribution in [2.45, 2.75) is 38.8 Å². The van der Waals surface area contributed by atoms with Crippen LogP contribution in [0.5, 0.6) is 5.75 Å². The zero-order valence-electron chi connectivity index (χ0n) is 12.9.